The number of hydrogen-bond donors (Lipinski definition) is 0. The Morgan fingerprint density at radius 2 is 0.896 bits per heavy atom. The summed E-state index contributed by atoms with van der Waals surface area (Å²) in [4.78, 5) is 2.46. The second kappa shape index (κ2) is 15.3. The first-order valence-electron chi connectivity index (χ1n) is 23.3. The van der Waals surface area contributed by atoms with Crippen LogP contribution in [0.25, 0.3) is 93.5 Å². The van der Waals surface area contributed by atoms with E-state index >= 15 is 0 Å². The molecule has 0 saturated carbocycles. The van der Waals surface area contributed by atoms with Gasteiger partial charge in [-0.2, -0.15) is 0 Å². The summed E-state index contributed by atoms with van der Waals surface area (Å²) < 4.78 is 2.42. The van der Waals surface area contributed by atoms with Gasteiger partial charge in [-0.05, 0) is 132 Å². The van der Waals surface area contributed by atoms with Crippen molar-refractivity contribution in [3.63, 3.8) is 0 Å². The van der Waals surface area contributed by atoms with Crippen LogP contribution in [0.5, 0.6) is 0 Å². The van der Waals surface area contributed by atoms with Crippen LogP contribution >= 0.6 is 0 Å². The maximum Gasteiger partial charge on any atom is 0.0548 e. The van der Waals surface area contributed by atoms with Gasteiger partial charge >= 0.3 is 0 Å². The van der Waals surface area contributed by atoms with Crippen molar-refractivity contribution in [1.82, 2.24) is 4.57 Å². The molecule has 0 N–H and O–H groups in total. The molecule has 13 rings (SSSR count). The minimum absolute atomic E-state index is 0.0283. The third-order valence-electron chi connectivity index (χ3n) is 14.4. The van der Waals surface area contributed by atoms with Crippen LogP contribution in [0.2, 0.25) is 0 Å². The fourth-order valence-corrected chi connectivity index (χ4v) is 11.2. The molecule has 0 aliphatic heterocycles. The van der Waals surface area contributed by atoms with Gasteiger partial charge in [0.2, 0.25) is 0 Å². The monoisotopic (exact) mass is 854 g/mol. The summed E-state index contributed by atoms with van der Waals surface area (Å²) in [6, 6.07) is 89.4. The molecule has 0 atom stereocenters. The van der Waals surface area contributed by atoms with E-state index in [1.165, 1.54) is 99.0 Å². The third-order valence-corrected chi connectivity index (χ3v) is 14.4. The highest BCUT2D eigenvalue weighted by Gasteiger charge is 2.35. The van der Waals surface area contributed by atoms with Crippen molar-refractivity contribution in [3.8, 4) is 50.2 Å². The van der Waals surface area contributed by atoms with E-state index in [1.807, 2.05) is 0 Å². The molecule has 2 heteroatoms. The van der Waals surface area contributed by atoms with E-state index in [1.54, 1.807) is 0 Å². The molecule has 316 valence electrons. The topological polar surface area (TPSA) is 8.17 Å². The summed E-state index contributed by atoms with van der Waals surface area (Å²) in [6.07, 6.45) is 0. The molecular formula is C65H46N2. The average molecular weight is 855 g/mol. The third kappa shape index (κ3) is 6.18. The minimum atomic E-state index is -0.0283. The van der Waals surface area contributed by atoms with Crippen molar-refractivity contribution >= 4 is 60.4 Å². The van der Waals surface area contributed by atoms with Crippen molar-refractivity contribution in [2.75, 3.05) is 4.90 Å². The lowest BCUT2D eigenvalue weighted by Crippen LogP contribution is -2.14. The van der Waals surface area contributed by atoms with E-state index in [-0.39, 0.29) is 5.41 Å². The van der Waals surface area contributed by atoms with E-state index < -0.39 is 0 Å². The summed E-state index contributed by atoms with van der Waals surface area (Å²) in [5, 5.41) is 7.40. The Labute approximate surface area is 391 Å². The van der Waals surface area contributed by atoms with Crippen LogP contribution in [0.3, 0.4) is 0 Å². The van der Waals surface area contributed by atoms with Crippen LogP contribution in [0.4, 0.5) is 17.1 Å². The molecule has 1 aliphatic rings. The van der Waals surface area contributed by atoms with Gasteiger partial charge in [-0.1, -0.05) is 196 Å². The summed E-state index contributed by atoms with van der Waals surface area (Å²) in [5.74, 6) is 0. The van der Waals surface area contributed by atoms with Gasteiger partial charge < -0.3 is 9.47 Å². The Bertz CT molecular complexity index is 3850. The lowest BCUT2D eigenvalue weighted by atomic mass is 9.82. The smallest absolute Gasteiger partial charge is 0.0548 e. The number of benzene rings is 11. The Kier molecular flexibility index (Phi) is 8.91. The molecule has 0 radical (unpaired) electrons. The number of para-hydroxylation sites is 2. The van der Waals surface area contributed by atoms with Gasteiger partial charge in [-0.3, -0.25) is 0 Å². The first-order chi connectivity index (χ1) is 33.0. The molecule has 0 spiro atoms. The molecule has 0 amide bonds. The predicted octanol–water partition coefficient (Wildman–Crippen LogP) is 17.9. The average Bonchev–Trinajstić information content (AvgIpc) is 3.85. The largest absolute Gasteiger partial charge is 0.310 e. The van der Waals surface area contributed by atoms with Crippen LogP contribution in [-0.4, -0.2) is 4.57 Å². The van der Waals surface area contributed by atoms with E-state index in [4.69, 9.17) is 0 Å². The number of anilines is 3. The van der Waals surface area contributed by atoms with Gasteiger partial charge in [-0.15, -0.1) is 0 Å². The van der Waals surface area contributed by atoms with E-state index in [9.17, 15) is 0 Å². The SMILES string of the molecule is CC1(C)c2ccccc2-c2cc(-c3ccc(N(c4ccc(-c5cccc6cccc(-c7ccccc7)c56)cc4)c4cccc5ccc6c(c7ccccc7n6-c6ccccc6)c45)cc3)ccc21. The number of aromatic nitrogens is 1. The van der Waals surface area contributed by atoms with Gasteiger partial charge in [0.15, 0.2) is 0 Å². The van der Waals surface area contributed by atoms with Crippen LogP contribution < -0.4 is 4.90 Å². The molecule has 11 aromatic carbocycles. The number of rotatable bonds is 7. The van der Waals surface area contributed by atoms with E-state index in [2.05, 4.69) is 266 Å². The molecule has 1 aliphatic carbocycles. The fraction of sp³-hybridized carbons (Fsp3) is 0.0462. The normalized spacial score (nSPS) is 12.7. The Morgan fingerprint density at radius 1 is 0.343 bits per heavy atom. The molecule has 67 heavy (non-hydrogen) atoms. The lowest BCUT2D eigenvalue weighted by molar-refractivity contribution is 0.660. The van der Waals surface area contributed by atoms with Gasteiger partial charge in [-0.25, -0.2) is 0 Å². The van der Waals surface area contributed by atoms with Crippen LogP contribution in [0.15, 0.2) is 243 Å². The quantitative estimate of drug-likeness (QED) is 0.155. The van der Waals surface area contributed by atoms with Crippen molar-refractivity contribution in [2.24, 2.45) is 0 Å². The molecule has 12 aromatic rings. The summed E-state index contributed by atoms with van der Waals surface area (Å²) in [5.41, 5.74) is 19.6. The molecule has 1 heterocycles. The zero-order valence-electron chi connectivity index (χ0n) is 37.5. The molecule has 1 aromatic heterocycles. The highest BCUT2D eigenvalue weighted by atomic mass is 15.1. The Morgan fingerprint density at radius 3 is 1.63 bits per heavy atom. The minimum Gasteiger partial charge on any atom is -0.310 e. The summed E-state index contributed by atoms with van der Waals surface area (Å²) in [6.45, 7) is 4.69. The van der Waals surface area contributed by atoms with E-state index in [0.717, 1.165) is 22.7 Å². The predicted molar refractivity (Wildman–Crippen MR) is 284 cm³/mol. The number of nitrogens with zero attached hydrogens (tertiary/aromatic N) is 2. The Balaban J connectivity index is 0.999. The number of fused-ring (bicyclic) bond motifs is 9. The van der Waals surface area contributed by atoms with Gasteiger partial charge in [0, 0.05) is 38.6 Å². The van der Waals surface area contributed by atoms with Crippen molar-refractivity contribution in [2.45, 2.75) is 19.3 Å². The second-order valence-electron chi connectivity index (χ2n) is 18.5. The zero-order chi connectivity index (χ0) is 44.6. The molecule has 0 bridgehead atoms. The van der Waals surface area contributed by atoms with Crippen molar-refractivity contribution in [3.05, 3.63) is 254 Å². The highest BCUT2D eigenvalue weighted by Crippen LogP contribution is 2.50. The highest BCUT2D eigenvalue weighted by molar-refractivity contribution is 6.25. The second-order valence-corrected chi connectivity index (χ2v) is 18.5. The first-order valence-corrected chi connectivity index (χ1v) is 23.3. The first kappa shape index (κ1) is 39.0. The molecule has 2 nitrogen and oxygen atoms in total. The Hall–Kier alpha value is -8.46. The van der Waals surface area contributed by atoms with Gasteiger partial charge in [0.05, 0.1) is 16.7 Å². The van der Waals surface area contributed by atoms with Crippen LogP contribution in [0, 0.1) is 0 Å². The molecule has 0 saturated heterocycles. The maximum absolute atomic E-state index is 2.46. The standard InChI is InChI=1S/C65H46N2/c1-65(2)57-27-11-9-23-54(57)56-42-48(34-40-58(56)65)43-30-36-50(37-31-43)66(51-38-32-45(33-39-51)53-26-14-19-46-18-13-25-52(62(46)53)44-16-5-3-6-17-44)60-29-15-20-47-35-41-61-64(63(47)60)55-24-10-12-28-59(55)67(61)49-21-7-4-8-22-49/h3-42H,1-2H3. The number of hydrogen-bond acceptors (Lipinski definition) is 1. The van der Waals surface area contributed by atoms with Crippen molar-refractivity contribution in [1.29, 1.82) is 0 Å². The van der Waals surface area contributed by atoms with Crippen LogP contribution in [-0.2, 0) is 5.41 Å². The zero-order valence-corrected chi connectivity index (χ0v) is 37.5. The molecular weight excluding hydrogens is 809 g/mol. The van der Waals surface area contributed by atoms with E-state index in [0.29, 0.717) is 0 Å². The van der Waals surface area contributed by atoms with Crippen molar-refractivity contribution < 1.29 is 0 Å². The molecule has 0 fully saturated rings. The summed E-state index contributed by atoms with van der Waals surface area (Å²) >= 11 is 0. The maximum atomic E-state index is 2.46. The fourth-order valence-electron chi connectivity index (χ4n) is 11.2. The van der Waals surface area contributed by atoms with Gasteiger partial charge in [0.1, 0.15) is 0 Å². The lowest BCUT2D eigenvalue weighted by Gasteiger charge is -2.28. The molecule has 0 unspecified atom stereocenters. The van der Waals surface area contributed by atoms with Gasteiger partial charge in [0.25, 0.3) is 0 Å². The summed E-state index contributed by atoms with van der Waals surface area (Å²) in [7, 11) is 0. The van der Waals surface area contributed by atoms with Crippen LogP contribution in [0.1, 0.15) is 25.0 Å².